The van der Waals surface area contributed by atoms with E-state index in [1.807, 2.05) is 12.1 Å². The molecule has 106 valence electrons. The molecule has 2 rings (SSSR count). The number of nitrogens with one attached hydrogen (secondary N) is 1. The van der Waals surface area contributed by atoms with E-state index in [2.05, 4.69) is 5.32 Å². The van der Waals surface area contributed by atoms with E-state index < -0.39 is 5.97 Å². The number of methoxy groups -OCH3 is 2. The Balaban J connectivity index is 2.04. The minimum atomic E-state index is -1.09. The minimum Gasteiger partial charge on any atom is -0.493 e. The van der Waals surface area contributed by atoms with Gasteiger partial charge in [0.25, 0.3) is 0 Å². The van der Waals surface area contributed by atoms with Crippen LogP contribution in [0.2, 0.25) is 0 Å². The molecule has 0 spiro atoms. The fourth-order valence-corrected chi connectivity index (χ4v) is 1.73. The van der Waals surface area contributed by atoms with Gasteiger partial charge < -0.3 is 24.3 Å². The molecule has 6 heteroatoms. The summed E-state index contributed by atoms with van der Waals surface area (Å²) in [5.74, 6) is 0.501. The molecule has 0 saturated carbocycles. The molecule has 0 fully saturated rings. The molecule has 2 aromatic rings. The first-order valence-corrected chi connectivity index (χ1v) is 5.92. The van der Waals surface area contributed by atoms with E-state index in [1.54, 1.807) is 26.4 Å². The highest BCUT2D eigenvalue weighted by Crippen LogP contribution is 2.27. The lowest BCUT2D eigenvalue weighted by atomic mass is 10.2. The average Bonchev–Trinajstić information content (AvgIpc) is 2.94. The average molecular weight is 277 g/mol. The van der Waals surface area contributed by atoms with Crippen LogP contribution in [0, 0.1) is 0 Å². The molecule has 0 aliphatic heterocycles. The zero-order chi connectivity index (χ0) is 14.5. The fraction of sp³-hybridized carbons (Fsp3) is 0.214. The van der Waals surface area contributed by atoms with Crippen LogP contribution in [-0.2, 0) is 6.54 Å². The van der Waals surface area contributed by atoms with Crippen molar-refractivity contribution in [2.45, 2.75) is 6.54 Å². The number of carboxylic acids is 1. The van der Waals surface area contributed by atoms with E-state index in [4.69, 9.17) is 19.0 Å². The molecule has 1 heterocycles. The third kappa shape index (κ3) is 3.03. The summed E-state index contributed by atoms with van der Waals surface area (Å²) in [7, 11) is 3.15. The van der Waals surface area contributed by atoms with Gasteiger partial charge in [0.2, 0.25) is 5.76 Å². The molecular weight excluding hydrogens is 262 g/mol. The summed E-state index contributed by atoms with van der Waals surface area (Å²) >= 11 is 0. The SMILES string of the molecule is COc1ccc(CNc2ccc(C(=O)O)o2)cc1OC. The Kier molecular flexibility index (Phi) is 4.14. The molecule has 0 radical (unpaired) electrons. The number of hydrogen-bond donors (Lipinski definition) is 2. The first kappa shape index (κ1) is 13.8. The number of hydrogen-bond acceptors (Lipinski definition) is 5. The summed E-state index contributed by atoms with van der Waals surface area (Å²) in [5.41, 5.74) is 0.955. The Morgan fingerprint density at radius 1 is 1.20 bits per heavy atom. The van der Waals surface area contributed by atoms with E-state index in [1.165, 1.54) is 6.07 Å². The molecule has 0 amide bonds. The van der Waals surface area contributed by atoms with Gasteiger partial charge in [-0.2, -0.15) is 0 Å². The Hall–Kier alpha value is -2.63. The highest BCUT2D eigenvalue weighted by molar-refractivity contribution is 5.84. The summed E-state index contributed by atoms with van der Waals surface area (Å²) in [6.07, 6.45) is 0. The molecule has 0 aliphatic carbocycles. The Bertz CT molecular complexity index is 605. The number of carboxylic acid groups (broad SMARTS) is 1. The van der Waals surface area contributed by atoms with Crippen molar-refractivity contribution in [2.24, 2.45) is 0 Å². The van der Waals surface area contributed by atoms with Crippen molar-refractivity contribution in [1.82, 2.24) is 0 Å². The lowest BCUT2D eigenvalue weighted by Crippen LogP contribution is -2.00. The van der Waals surface area contributed by atoms with Gasteiger partial charge >= 0.3 is 5.97 Å². The standard InChI is InChI=1S/C14H15NO5/c1-18-10-4-3-9(7-12(10)19-2)8-15-13-6-5-11(20-13)14(16)17/h3-7,15H,8H2,1-2H3,(H,16,17). The smallest absolute Gasteiger partial charge is 0.371 e. The molecule has 0 bridgehead atoms. The Morgan fingerprint density at radius 2 is 1.95 bits per heavy atom. The molecule has 0 aliphatic rings. The zero-order valence-corrected chi connectivity index (χ0v) is 11.2. The van der Waals surface area contributed by atoms with Crippen molar-refractivity contribution >= 4 is 11.9 Å². The van der Waals surface area contributed by atoms with Gasteiger partial charge in [0.1, 0.15) is 0 Å². The topological polar surface area (TPSA) is 80.9 Å². The second-order valence-electron chi connectivity index (χ2n) is 4.01. The zero-order valence-electron chi connectivity index (χ0n) is 11.2. The van der Waals surface area contributed by atoms with E-state index in [0.717, 1.165) is 5.56 Å². The lowest BCUT2D eigenvalue weighted by Gasteiger charge is -2.09. The van der Waals surface area contributed by atoms with Crippen LogP contribution in [0.3, 0.4) is 0 Å². The van der Waals surface area contributed by atoms with Crippen LogP contribution in [0.1, 0.15) is 16.1 Å². The molecule has 0 saturated heterocycles. The van der Waals surface area contributed by atoms with Crippen molar-refractivity contribution < 1.29 is 23.8 Å². The van der Waals surface area contributed by atoms with Gasteiger partial charge in [0.05, 0.1) is 14.2 Å². The summed E-state index contributed by atoms with van der Waals surface area (Å²) < 4.78 is 15.5. The number of aromatic carboxylic acids is 1. The number of carbonyl (C=O) groups is 1. The van der Waals surface area contributed by atoms with Crippen LogP contribution in [0.25, 0.3) is 0 Å². The number of ether oxygens (including phenoxy) is 2. The van der Waals surface area contributed by atoms with E-state index in [9.17, 15) is 4.79 Å². The Labute approximate surface area is 115 Å². The third-order valence-corrected chi connectivity index (χ3v) is 2.73. The van der Waals surface area contributed by atoms with Gasteiger partial charge in [-0.1, -0.05) is 6.07 Å². The predicted molar refractivity (Wildman–Crippen MR) is 72.5 cm³/mol. The Morgan fingerprint density at radius 3 is 2.55 bits per heavy atom. The van der Waals surface area contributed by atoms with Gasteiger partial charge in [0, 0.05) is 12.6 Å². The van der Waals surface area contributed by atoms with Crippen LogP contribution >= 0.6 is 0 Å². The quantitative estimate of drug-likeness (QED) is 0.844. The number of anilines is 1. The van der Waals surface area contributed by atoms with Crippen molar-refractivity contribution in [3.63, 3.8) is 0 Å². The number of benzene rings is 1. The maximum absolute atomic E-state index is 10.7. The van der Waals surface area contributed by atoms with E-state index in [0.29, 0.717) is 23.9 Å². The minimum absolute atomic E-state index is 0.0974. The van der Waals surface area contributed by atoms with Crippen molar-refractivity contribution in [3.8, 4) is 11.5 Å². The van der Waals surface area contributed by atoms with Crippen LogP contribution in [0.4, 0.5) is 5.88 Å². The number of furan rings is 1. The maximum atomic E-state index is 10.7. The van der Waals surface area contributed by atoms with Crippen LogP contribution < -0.4 is 14.8 Å². The summed E-state index contributed by atoms with van der Waals surface area (Å²) in [6.45, 7) is 0.479. The third-order valence-electron chi connectivity index (χ3n) is 2.73. The molecular formula is C14H15NO5. The first-order chi connectivity index (χ1) is 9.63. The van der Waals surface area contributed by atoms with Crippen molar-refractivity contribution in [1.29, 1.82) is 0 Å². The molecule has 20 heavy (non-hydrogen) atoms. The fourth-order valence-electron chi connectivity index (χ4n) is 1.73. The molecule has 2 N–H and O–H groups in total. The summed E-state index contributed by atoms with van der Waals surface area (Å²) in [4.78, 5) is 10.7. The number of rotatable bonds is 6. The summed E-state index contributed by atoms with van der Waals surface area (Å²) in [6, 6.07) is 8.51. The van der Waals surface area contributed by atoms with Gasteiger partial charge in [-0.05, 0) is 23.8 Å². The molecule has 6 nitrogen and oxygen atoms in total. The van der Waals surface area contributed by atoms with E-state index >= 15 is 0 Å². The van der Waals surface area contributed by atoms with Gasteiger partial charge in [-0.3, -0.25) is 0 Å². The normalized spacial score (nSPS) is 10.1. The first-order valence-electron chi connectivity index (χ1n) is 5.92. The monoisotopic (exact) mass is 277 g/mol. The highest BCUT2D eigenvalue weighted by Gasteiger charge is 2.09. The highest BCUT2D eigenvalue weighted by atomic mass is 16.5. The second-order valence-corrected chi connectivity index (χ2v) is 4.01. The van der Waals surface area contributed by atoms with Gasteiger partial charge in [-0.15, -0.1) is 0 Å². The molecule has 1 aromatic carbocycles. The van der Waals surface area contributed by atoms with Crippen LogP contribution in [-0.4, -0.2) is 25.3 Å². The summed E-state index contributed by atoms with van der Waals surface area (Å²) in [5, 5.41) is 11.8. The predicted octanol–water partition coefficient (Wildman–Crippen LogP) is 2.61. The van der Waals surface area contributed by atoms with E-state index in [-0.39, 0.29) is 5.76 Å². The van der Waals surface area contributed by atoms with Gasteiger partial charge in [-0.25, -0.2) is 4.79 Å². The van der Waals surface area contributed by atoms with Crippen LogP contribution in [0.15, 0.2) is 34.7 Å². The van der Waals surface area contributed by atoms with Crippen LogP contribution in [0.5, 0.6) is 11.5 Å². The largest absolute Gasteiger partial charge is 0.493 e. The maximum Gasteiger partial charge on any atom is 0.371 e. The molecule has 0 atom stereocenters. The lowest BCUT2D eigenvalue weighted by molar-refractivity contribution is 0.0663. The van der Waals surface area contributed by atoms with Crippen molar-refractivity contribution in [3.05, 3.63) is 41.7 Å². The van der Waals surface area contributed by atoms with Gasteiger partial charge in [0.15, 0.2) is 17.4 Å². The molecule has 0 unspecified atom stereocenters. The second kappa shape index (κ2) is 6.01. The van der Waals surface area contributed by atoms with Crippen molar-refractivity contribution in [2.75, 3.05) is 19.5 Å². The molecule has 1 aromatic heterocycles.